The van der Waals surface area contributed by atoms with Gasteiger partial charge in [-0.15, -0.1) is 0 Å². The average molecular weight is 377 g/mol. The number of hydrogen-bond acceptors (Lipinski definition) is 4. The Kier molecular flexibility index (Phi) is 8.23. The Morgan fingerprint density at radius 3 is 2.56 bits per heavy atom. The van der Waals surface area contributed by atoms with Crippen LogP contribution in [0.25, 0.3) is 0 Å². The highest BCUT2D eigenvalue weighted by Gasteiger charge is 2.31. The molecule has 0 amide bonds. The zero-order valence-corrected chi connectivity index (χ0v) is 17.7. The van der Waals surface area contributed by atoms with Crippen LogP contribution in [0.15, 0.2) is 23.2 Å². The number of benzene rings is 1. The Balaban J connectivity index is 1.77. The minimum Gasteiger partial charge on any atom is -0.493 e. The zero-order chi connectivity index (χ0) is 19.8. The van der Waals surface area contributed by atoms with Crippen molar-refractivity contribution in [3.8, 4) is 11.5 Å². The minimum atomic E-state index is 0.449. The Morgan fingerprint density at radius 1 is 1.22 bits per heavy atom. The van der Waals surface area contributed by atoms with Crippen LogP contribution in [-0.2, 0) is 6.42 Å². The van der Waals surface area contributed by atoms with E-state index >= 15 is 0 Å². The van der Waals surface area contributed by atoms with Gasteiger partial charge in [-0.25, -0.2) is 0 Å². The lowest BCUT2D eigenvalue weighted by atomic mass is 10.1. The molecule has 1 fully saturated rings. The van der Waals surface area contributed by atoms with E-state index in [0.29, 0.717) is 18.0 Å². The summed E-state index contributed by atoms with van der Waals surface area (Å²) < 4.78 is 10.7. The quantitative estimate of drug-likeness (QED) is 0.415. The number of methoxy groups -OCH3 is 2. The number of aryl methyl sites for hydroxylation is 1. The van der Waals surface area contributed by atoms with Crippen molar-refractivity contribution >= 4 is 5.96 Å². The first-order chi connectivity index (χ1) is 13.0. The Bertz CT molecular complexity index is 618. The van der Waals surface area contributed by atoms with Gasteiger partial charge < -0.3 is 20.1 Å². The van der Waals surface area contributed by atoms with Crippen LogP contribution >= 0.6 is 0 Å². The molecule has 0 spiro atoms. The van der Waals surface area contributed by atoms with E-state index in [2.05, 4.69) is 47.4 Å². The van der Waals surface area contributed by atoms with E-state index in [0.717, 1.165) is 49.9 Å². The van der Waals surface area contributed by atoms with Crippen molar-refractivity contribution in [1.29, 1.82) is 0 Å². The van der Waals surface area contributed by atoms with Gasteiger partial charge in [-0.05, 0) is 50.3 Å². The largest absolute Gasteiger partial charge is 0.493 e. The predicted octanol–water partition coefficient (Wildman–Crippen LogP) is 2.53. The first-order valence-electron chi connectivity index (χ1n) is 9.90. The smallest absolute Gasteiger partial charge is 0.191 e. The van der Waals surface area contributed by atoms with Crippen LogP contribution in [0.3, 0.4) is 0 Å². The molecule has 2 unspecified atom stereocenters. The summed E-state index contributed by atoms with van der Waals surface area (Å²) in [7, 11) is 5.17. The molecule has 0 saturated carbocycles. The summed E-state index contributed by atoms with van der Waals surface area (Å²) in [6.45, 7) is 9.93. The normalized spacial score (nSPS) is 20.8. The van der Waals surface area contributed by atoms with Gasteiger partial charge >= 0.3 is 0 Å². The Morgan fingerprint density at radius 2 is 1.96 bits per heavy atom. The molecule has 0 aromatic heterocycles. The number of likely N-dealkylation sites (tertiary alicyclic amines) is 1. The zero-order valence-electron chi connectivity index (χ0n) is 17.7. The molecule has 1 aliphatic heterocycles. The second kappa shape index (κ2) is 10.4. The fraction of sp³-hybridized carbons (Fsp3) is 0.667. The fourth-order valence-corrected chi connectivity index (χ4v) is 3.52. The van der Waals surface area contributed by atoms with Gasteiger partial charge in [0.15, 0.2) is 17.5 Å². The van der Waals surface area contributed by atoms with Gasteiger partial charge in [0.2, 0.25) is 0 Å². The van der Waals surface area contributed by atoms with Crippen LogP contribution in [-0.4, -0.2) is 63.8 Å². The lowest BCUT2D eigenvalue weighted by Crippen LogP contribution is -2.47. The lowest BCUT2D eigenvalue weighted by molar-refractivity contribution is 0.265. The second-order valence-corrected chi connectivity index (χ2v) is 7.57. The molecule has 0 aliphatic carbocycles. The summed E-state index contributed by atoms with van der Waals surface area (Å²) >= 11 is 0. The first kappa shape index (κ1) is 21.4. The van der Waals surface area contributed by atoms with Crippen molar-refractivity contribution in [3.63, 3.8) is 0 Å². The maximum Gasteiger partial charge on any atom is 0.191 e. The number of aliphatic imine (C=N–C) groups is 1. The summed E-state index contributed by atoms with van der Waals surface area (Å²) in [6, 6.07) is 7.14. The van der Waals surface area contributed by atoms with Crippen molar-refractivity contribution in [2.24, 2.45) is 10.9 Å². The molecule has 1 aromatic rings. The van der Waals surface area contributed by atoms with Crippen LogP contribution in [0, 0.1) is 5.92 Å². The highest BCUT2D eigenvalue weighted by molar-refractivity contribution is 5.80. The maximum atomic E-state index is 5.37. The monoisotopic (exact) mass is 376 g/mol. The molecular formula is C21H36N4O2. The molecule has 6 nitrogen and oxygen atoms in total. The molecule has 2 atom stereocenters. The van der Waals surface area contributed by atoms with Crippen LogP contribution in [0.1, 0.15) is 32.8 Å². The lowest BCUT2D eigenvalue weighted by Gasteiger charge is -2.22. The molecule has 1 aromatic carbocycles. The number of nitrogens with zero attached hydrogens (tertiary/aromatic N) is 2. The third-order valence-corrected chi connectivity index (χ3v) is 5.30. The van der Waals surface area contributed by atoms with Crippen LogP contribution in [0.4, 0.5) is 0 Å². The average Bonchev–Trinajstić information content (AvgIpc) is 3.04. The molecule has 1 saturated heterocycles. The van der Waals surface area contributed by atoms with E-state index in [-0.39, 0.29) is 0 Å². The predicted molar refractivity (Wildman–Crippen MR) is 112 cm³/mol. The molecule has 2 N–H and O–H groups in total. The summed E-state index contributed by atoms with van der Waals surface area (Å²) in [5.41, 5.74) is 1.24. The van der Waals surface area contributed by atoms with Crippen molar-refractivity contribution in [2.45, 2.75) is 45.7 Å². The summed E-state index contributed by atoms with van der Waals surface area (Å²) in [6.07, 6.45) is 2.00. The second-order valence-electron chi connectivity index (χ2n) is 7.57. The van der Waals surface area contributed by atoms with Gasteiger partial charge in [0.1, 0.15) is 0 Å². The van der Waals surface area contributed by atoms with Gasteiger partial charge in [-0.3, -0.25) is 9.89 Å². The summed E-state index contributed by atoms with van der Waals surface area (Å²) in [5.74, 6) is 3.07. The number of nitrogens with one attached hydrogen (secondary N) is 2. The fourth-order valence-electron chi connectivity index (χ4n) is 3.52. The molecule has 27 heavy (non-hydrogen) atoms. The highest BCUT2D eigenvalue weighted by Crippen LogP contribution is 2.27. The number of rotatable bonds is 8. The van der Waals surface area contributed by atoms with Gasteiger partial charge in [-0.2, -0.15) is 0 Å². The highest BCUT2D eigenvalue weighted by atomic mass is 16.5. The summed E-state index contributed by atoms with van der Waals surface area (Å²) in [5, 5.41) is 7.04. The molecule has 152 valence electrons. The van der Waals surface area contributed by atoms with Gasteiger partial charge in [0.05, 0.1) is 14.2 Å². The molecule has 1 aliphatic rings. The SMILES string of the molecule is CN=C(NCCCc1ccc(OC)c(OC)c1)NC1CN(C(C)C)CC1C. The molecule has 1 heterocycles. The first-order valence-corrected chi connectivity index (χ1v) is 9.90. The maximum absolute atomic E-state index is 5.37. The van der Waals surface area contributed by atoms with E-state index < -0.39 is 0 Å². The third kappa shape index (κ3) is 6.03. The van der Waals surface area contributed by atoms with Crippen LogP contribution in [0.5, 0.6) is 11.5 Å². The Hall–Kier alpha value is -1.95. The van der Waals surface area contributed by atoms with E-state index in [4.69, 9.17) is 9.47 Å². The number of guanidine groups is 1. The van der Waals surface area contributed by atoms with Gasteiger partial charge in [0.25, 0.3) is 0 Å². The number of ether oxygens (including phenoxy) is 2. The minimum absolute atomic E-state index is 0.449. The van der Waals surface area contributed by atoms with E-state index in [9.17, 15) is 0 Å². The number of hydrogen-bond donors (Lipinski definition) is 2. The molecule has 0 bridgehead atoms. The van der Waals surface area contributed by atoms with Crippen molar-refractivity contribution in [2.75, 3.05) is 40.9 Å². The van der Waals surface area contributed by atoms with E-state index in [1.807, 2.05) is 19.2 Å². The summed E-state index contributed by atoms with van der Waals surface area (Å²) in [4.78, 5) is 6.91. The van der Waals surface area contributed by atoms with Crippen molar-refractivity contribution < 1.29 is 9.47 Å². The standard InChI is InChI=1S/C21H36N4O2/c1-15(2)25-13-16(3)18(14-25)24-21(22-4)23-11-7-8-17-9-10-19(26-5)20(12-17)27-6/h9-10,12,15-16,18H,7-8,11,13-14H2,1-6H3,(H2,22,23,24). The van der Waals surface area contributed by atoms with Gasteiger partial charge in [0, 0.05) is 38.8 Å². The van der Waals surface area contributed by atoms with Gasteiger partial charge in [-0.1, -0.05) is 13.0 Å². The third-order valence-electron chi connectivity index (χ3n) is 5.30. The molecule has 6 heteroatoms. The van der Waals surface area contributed by atoms with E-state index in [1.54, 1.807) is 14.2 Å². The molecule has 0 radical (unpaired) electrons. The van der Waals surface area contributed by atoms with E-state index in [1.165, 1.54) is 5.56 Å². The Labute approximate surface area is 164 Å². The molecule has 2 rings (SSSR count). The van der Waals surface area contributed by atoms with Crippen molar-refractivity contribution in [3.05, 3.63) is 23.8 Å². The van der Waals surface area contributed by atoms with Crippen LogP contribution < -0.4 is 20.1 Å². The molecular weight excluding hydrogens is 340 g/mol. The van der Waals surface area contributed by atoms with Crippen molar-refractivity contribution in [1.82, 2.24) is 15.5 Å². The van der Waals surface area contributed by atoms with Crippen LogP contribution in [0.2, 0.25) is 0 Å². The topological polar surface area (TPSA) is 58.1 Å².